The minimum absolute atomic E-state index is 0.0905. The Hall–Kier alpha value is -2.66. The predicted octanol–water partition coefficient (Wildman–Crippen LogP) is 1.75. The molecule has 7 nitrogen and oxygen atoms in total. The number of sulfonamides is 1. The number of anilines is 2. The molecule has 1 fully saturated rings. The van der Waals surface area contributed by atoms with Crippen LogP contribution in [0.4, 0.5) is 11.5 Å². The maximum Gasteiger partial charge on any atom is 0.262 e. The zero-order chi connectivity index (χ0) is 16.3. The van der Waals surface area contributed by atoms with Gasteiger partial charge in [0, 0.05) is 13.1 Å². The number of nitriles is 1. The van der Waals surface area contributed by atoms with E-state index in [-0.39, 0.29) is 4.90 Å². The molecular weight excluding hydrogens is 314 g/mol. The fourth-order valence-electron chi connectivity index (χ4n) is 2.49. The van der Waals surface area contributed by atoms with Gasteiger partial charge in [-0.3, -0.25) is 4.72 Å². The van der Waals surface area contributed by atoms with Crippen molar-refractivity contribution in [3.63, 3.8) is 0 Å². The highest BCUT2D eigenvalue weighted by atomic mass is 32.2. The highest BCUT2D eigenvalue weighted by Gasteiger charge is 2.21. The van der Waals surface area contributed by atoms with Gasteiger partial charge in [0.05, 0.1) is 22.7 Å². The summed E-state index contributed by atoms with van der Waals surface area (Å²) in [5, 5.41) is 8.79. The van der Waals surface area contributed by atoms with E-state index in [1.165, 1.54) is 36.8 Å². The molecule has 2 aromatic rings. The van der Waals surface area contributed by atoms with E-state index in [9.17, 15) is 8.42 Å². The van der Waals surface area contributed by atoms with Crippen LogP contribution in [0.5, 0.6) is 0 Å². The van der Waals surface area contributed by atoms with Crippen LogP contribution in [0.1, 0.15) is 18.4 Å². The number of benzene rings is 1. The molecule has 0 amide bonds. The molecule has 8 heteroatoms. The molecule has 1 aliphatic heterocycles. The van der Waals surface area contributed by atoms with Crippen molar-refractivity contribution in [2.24, 2.45) is 0 Å². The molecular formula is C15H15N5O2S. The molecule has 0 radical (unpaired) electrons. The van der Waals surface area contributed by atoms with Crippen molar-refractivity contribution < 1.29 is 8.42 Å². The summed E-state index contributed by atoms with van der Waals surface area (Å²) in [6.45, 7) is 1.70. The van der Waals surface area contributed by atoms with Gasteiger partial charge in [-0.05, 0) is 37.1 Å². The predicted molar refractivity (Wildman–Crippen MR) is 85.4 cm³/mol. The maximum absolute atomic E-state index is 12.5. The lowest BCUT2D eigenvalue weighted by Gasteiger charge is -2.19. The van der Waals surface area contributed by atoms with E-state index in [1.807, 2.05) is 11.0 Å². The first-order chi connectivity index (χ1) is 11.1. The molecule has 1 aromatic carbocycles. The van der Waals surface area contributed by atoms with Crippen LogP contribution in [0.25, 0.3) is 0 Å². The Morgan fingerprint density at radius 3 is 2.52 bits per heavy atom. The molecule has 1 saturated heterocycles. The lowest BCUT2D eigenvalue weighted by molar-refractivity contribution is 0.601. The van der Waals surface area contributed by atoms with E-state index in [0.717, 1.165) is 25.9 Å². The van der Waals surface area contributed by atoms with Gasteiger partial charge in [0.2, 0.25) is 0 Å². The molecule has 23 heavy (non-hydrogen) atoms. The van der Waals surface area contributed by atoms with Crippen molar-refractivity contribution in [3.8, 4) is 6.07 Å². The summed E-state index contributed by atoms with van der Waals surface area (Å²) in [6.07, 6.45) is 4.99. The van der Waals surface area contributed by atoms with Gasteiger partial charge in [-0.15, -0.1) is 0 Å². The average Bonchev–Trinajstić information content (AvgIpc) is 3.09. The number of hydrogen-bond acceptors (Lipinski definition) is 6. The summed E-state index contributed by atoms with van der Waals surface area (Å²) in [6, 6.07) is 7.70. The van der Waals surface area contributed by atoms with E-state index in [4.69, 9.17) is 5.26 Å². The molecule has 0 saturated carbocycles. The Bertz CT molecular complexity index is 837. The lowest BCUT2D eigenvalue weighted by Crippen LogP contribution is -2.22. The van der Waals surface area contributed by atoms with Gasteiger partial charge in [0.1, 0.15) is 12.0 Å². The average molecular weight is 329 g/mol. The van der Waals surface area contributed by atoms with E-state index in [2.05, 4.69) is 14.7 Å². The Balaban J connectivity index is 1.90. The minimum atomic E-state index is -3.76. The van der Waals surface area contributed by atoms with Gasteiger partial charge in [-0.2, -0.15) is 5.26 Å². The third-order valence-corrected chi connectivity index (χ3v) is 5.02. The van der Waals surface area contributed by atoms with Crippen molar-refractivity contribution in [1.29, 1.82) is 5.26 Å². The fourth-order valence-corrected chi connectivity index (χ4v) is 3.53. The molecule has 118 valence electrons. The van der Waals surface area contributed by atoms with Gasteiger partial charge in [-0.25, -0.2) is 18.4 Å². The number of nitrogens with one attached hydrogen (secondary N) is 1. The maximum atomic E-state index is 12.5. The molecule has 1 aromatic heterocycles. The van der Waals surface area contributed by atoms with Crippen molar-refractivity contribution in [2.75, 3.05) is 22.7 Å². The second-order valence-electron chi connectivity index (χ2n) is 5.20. The first-order valence-corrected chi connectivity index (χ1v) is 8.66. The summed E-state index contributed by atoms with van der Waals surface area (Å²) in [4.78, 5) is 10.3. The Labute approximate surface area is 134 Å². The lowest BCUT2D eigenvalue weighted by atomic mass is 10.2. The van der Waals surface area contributed by atoms with Crippen molar-refractivity contribution in [1.82, 2.24) is 9.97 Å². The zero-order valence-electron chi connectivity index (χ0n) is 12.3. The third kappa shape index (κ3) is 3.24. The largest absolute Gasteiger partial charge is 0.355 e. The van der Waals surface area contributed by atoms with Crippen molar-refractivity contribution in [2.45, 2.75) is 17.7 Å². The monoisotopic (exact) mass is 329 g/mol. The third-order valence-electron chi connectivity index (χ3n) is 3.63. The van der Waals surface area contributed by atoms with Gasteiger partial charge in [0.15, 0.2) is 5.82 Å². The van der Waals surface area contributed by atoms with Gasteiger partial charge >= 0.3 is 0 Å². The number of aromatic nitrogens is 2. The van der Waals surface area contributed by atoms with Crippen LogP contribution in [-0.4, -0.2) is 31.5 Å². The molecule has 0 aliphatic carbocycles. The van der Waals surface area contributed by atoms with Crippen LogP contribution in [0.3, 0.4) is 0 Å². The van der Waals surface area contributed by atoms with E-state index in [1.54, 1.807) is 0 Å². The second-order valence-corrected chi connectivity index (χ2v) is 6.88. The molecule has 0 atom stereocenters. The van der Waals surface area contributed by atoms with E-state index >= 15 is 0 Å². The molecule has 0 unspecified atom stereocenters. The van der Waals surface area contributed by atoms with Crippen LogP contribution in [0, 0.1) is 11.3 Å². The van der Waals surface area contributed by atoms with Crippen LogP contribution in [0.2, 0.25) is 0 Å². The number of rotatable bonds is 4. The topological polar surface area (TPSA) is 99.0 Å². The molecule has 1 aliphatic rings. The second kappa shape index (κ2) is 6.22. The highest BCUT2D eigenvalue weighted by Crippen LogP contribution is 2.27. The Morgan fingerprint density at radius 2 is 1.87 bits per heavy atom. The number of hydrogen-bond donors (Lipinski definition) is 1. The Morgan fingerprint density at radius 1 is 1.17 bits per heavy atom. The number of nitrogens with zero attached hydrogens (tertiary/aromatic N) is 4. The zero-order valence-corrected chi connectivity index (χ0v) is 13.1. The smallest absolute Gasteiger partial charge is 0.262 e. The molecule has 0 bridgehead atoms. The van der Waals surface area contributed by atoms with E-state index in [0.29, 0.717) is 17.1 Å². The molecule has 1 N–H and O–H groups in total. The first-order valence-electron chi connectivity index (χ1n) is 7.18. The summed E-state index contributed by atoms with van der Waals surface area (Å²) < 4.78 is 27.5. The van der Waals surface area contributed by atoms with E-state index < -0.39 is 10.0 Å². The van der Waals surface area contributed by atoms with Crippen LogP contribution < -0.4 is 9.62 Å². The minimum Gasteiger partial charge on any atom is -0.355 e. The fraction of sp³-hybridized carbons (Fsp3) is 0.267. The summed E-state index contributed by atoms with van der Waals surface area (Å²) >= 11 is 0. The normalized spacial score (nSPS) is 14.5. The summed E-state index contributed by atoms with van der Waals surface area (Å²) in [5.41, 5.74) is 0.767. The Kier molecular flexibility index (Phi) is 4.12. The van der Waals surface area contributed by atoms with Crippen LogP contribution in [0.15, 0.2) is 41.7 Å². The van der Waals surface area contributed by atoms with Crippen LogP contribution >= 0.6 is 0 Å². The molecule has 0 spiro atoms. The summed E-state index contributed by atoms with van der Waals surface area (Å²) in [7, 11) is -3.76. The standard InChI is InChI=1S/C15H15N5O2S/c16-9-12-3-5-13(6-4-12)23(21,22)19-14-10-17-11-18-15(14)20-7-1-2-8-20/h3-6,10-11,19H,1-2,7-8H2. The highest BCUT2D eigenvalue weighted by molar-refractivity contribution is 7.92. The first kappa shape index (κ1) is 15.2. The molecule has 3 rings (SSSR count). The van der Waals surface area contributed by atoms with Crippen molar-refractivity contribution >= 4 is 21.5 Å². The molecule has 2 heterocycles. The van der Waals surface area contributed by atoms with Gasteiger partial charge in [0.25, 0.3) is 10.0 Å². The quantitative estimate of drug-likeness (QED) is 0.917. The van der Waals surface area contributed by atoms with Gasteiger partial charge in [-0.1, -0.05) is 0 Å². The van der Waals surface area contributed by atoms with Gasteiger partial charge < -0.3 is 4.90 Å². The summed E-state index contributed by atoms with van der Waals surface area (Å²) in [5.74, 6) is 0.592. The SMILES string of the molecule is N#Cc1ccc(S(=O)(=O)Nc2cncnc2N2CCCC2)cc1. The van der Waals surface area contributed by atoms with Crippen molar-refractivity contribution in [3.05, 3.63) is 42.4 Å². The van der Waals surface area contributed by atoms with Crippen LogP contribution in [-0.2, 0) is 10.0 Å².